The molecule has 0 aliphatic rings. The van der Waals surface area contributed by atoms with Crippen molar-refractivity contribution in [2.24, 2.45) is 5.92 Å². The summed E-state index contributed by atoms with van der Waals surface area (Å²) < 4.78 is 7.49. The molecule has 0 aliphatic carbocycles. The molecule has 1 atom stereocenters. The second kappa shape index (κ2) is 6.37. The van der Waals surface area contributed by atoms with Crippen molar-refractivity contribution in [3.8, 4) is 11.4 Å². The van der Waals surface area contributed by atoms with Crippen LogP contribution < -0.4 is 4.74 Å². The topological polar surface area (TPSA) is 44.1 Å². The number of hydrogen-bond donors (Lipinski definition) is 0. The first-order valence-electron chi connectivity index (χ1n) is 6.92. The molecule has 4 heteroatoms. The number of ketones is 1. The lowest BCUT2D eigenvalue weighted by atomic mass is 10.0. The lowest BCUT2D eigenvalue weighted by molar-refractivity contribution is -0.128. The predicted molar refractivity (Wildman–Crippen MR) is 78.1 cm³/mol. The SMILES string of the molecule is CCC(Oc1cnn(-c2ccccc2)c1)C(=O)C(C)C. The average Bonchev–Trinajstić information content (AvgIpc) is 2.93. The minimum Gasteiger partial charge on any atom is -0.479 e. The highest BCUT2D eigenvalue weighted by atomic mass is 16.5. The number of benzene rings is 1. The molecule has 1 heterocycles. The molecule has 0 aliphatic heterocycles. The molecular weight excluding hydrogens is 252 g/mol. The first-order chi connectivity index (χ1) is 9.61. The molecule has 0 bridgehead atoms. The van der Waals surface area contributed by atoms with Gasteiger partial charge < -0.3 is 4.74 Å². The van der Waals surface area contributed by atoms with E-state index in [1.165, 1.54) is 0 Å². The Balaban J connectivity index is 2.11. The number of Topliss-reactive ketones (excluding diaryl/α,β-unsaturated/α-hetero) is 1. The maximum Gasteiger partial charge on any atom is 0.175 e. The quantitative estimate of drug-likeness (QED) is 0.810. The van der Waals surface area contributed by atoms with Gasteiger partial charge in [-0.3, -0.25) is 4.79 Å². The smallest absolute Gasteiger partial charge is 0.175 e. The van der Waals surface area contributed by atoms with Gasteiger partial charge in [-0.2, -0.15) is 5.10 Å². The fourth-order valence-electron chi connectivity index (χ4n) is 1.97. The summed E-state index contributed by atoms with van der Waals surface area (Å²) in [6.45, 7) is 5.73. The predicted octanol–water partition coefficient (Wildman–Crippen LogP) is 3.25. The molecule has 0 spiro atoms. The second-order valence-corrected chi connectivity index (χ2v) is 5.03. The first-order valence-corrected chi connectivity index (χ1v) is 6.92. The van der Waals surface area contributed by atoms with Crippen LogP contribution in [0.25, 0.3) is 5.69 Å². The van der Waals surface area contributed by atoms with Gasteiger partial charge in [0.2, 0.25) is 0 Å². The molecule has 0 saturated heterocycles. The summed E-state index contributed by atoms with van der Waals surface area (Å²) in [5, 5.41) is 4.26. The summed E-state index contributed by atoms with van der Waals surface area (Å²) in [5.41, 5.74) is 0.964. The highest BCUT2D eigenvalue weighted by molar-refractivity contribution is 5.85. The van der Waals surface area contributed by atoms with Crippen LogP contribution in [-0.2, 0) is 4.79 Å². The Labute approximate surface area is 119 Å². The van der Waals surface area contributed by atoms with Gasteiger partial charge >= 0.3 is 0 Å². The molecule has 0 amide bonds. The van der Waals surface area contributed by atoms with E-state index in [1.807, 2.05) is 51.1 Å². The van der Waals surface area contributed by atoms with E-state index in [-0.39, 0.29) is 11.7 Å². The normalized spacial score (nSPS) is 12.4. The molecule has 4 nitrogen and oxygen atoms in total. The van der Waals surface area contributed by atoms with Crippen LogP contribution >= 0.6 is 0 Å². The minimum atomic E-state index is -0.400. The third-order valence-corrected chi connectivity index (χ3v) is 3.12. The highest BCUT2D eigenvalue weighted by Gasteiger charge is 2.21. The number of carbonyl (C=O) groups excluding carboxylic acids is 1. The Morgan fingerprint density at radius 2 is 2.00 bits per heavy atom. The summed E-state index contributed by atoms with van der Waals surface area (Å²) in [4.78, 5) is 12.0. The molecule has 0 radical (unpaired) electrons. The van der Waals surface area contributed by atoms with E-state index in [0.717, 1.165) is 5.69 Å². The Hall–Kier alpha value is -2.10. The number of nitrogens with zero attached hydrogens (tertiary/aromatic N) is 2. The van der Waals surface area contributed by atoms with Crippen molar-refractivity contribution in [3.05, 3.63) is 42.7 Å². The van der Waals surface area contributed by atoms with Crippen LogP contribution in [0.3, 0.4) is 0 Å². The number of ether oxygens (including phenoxy) is 1. The summed E-state index contributed by atoms with van der Waals surface area (Å²) in [6, 6.07) is 9.79. The zero-order chi connectivity index (χ0) is 14.5. The molecule has 1 aromatic heterocycles. The van der Waals surface area contributed by atoms with Gasteiger partial charge in [0.15, 0.2) is 17.6 Å². The standard InChI is InChI=1S/C16H20N2O2/c1-4-15(16(19)12(2)3)20-14-10-17-18(11-14)13-8-6-5-7-9-13/h5-12,15H,4H2,1-3H3. The van der Waals surface area contributed by atoms with Crippen molar-refractivity contribution in [2.45, 2.75) is 33.3 Å². The summed E-state index contributed by atoms with van der Waals surface area (Å²) in [5.74, 6) is 0.721. The van der Waals surface area contributed by atoms with E-state index in [9.17, 15) is 4.79 Å². The maximum atomic E-state index is 12.0. The van der Waals surface area contributed by atoms with Crippen molar-refractivity contribution in [1.29, 1.82) is 0 Å². The molecule has 106 valence electrons. The van der Waals surface area contributed by atoms with Crippen molar-refractivity contribution in [2.75, 3.05) is 0 Å². The van der Waals surface area contributed by atoms with Crippen LogP contribution in [-0.4, -0.2) is 21.7 Å². The van der Waals surface area contributed by atoms with Crippen LogP contribution in [0.15, 0.2) is 42.7 Å². The monoisotopic (exact) mass is 272 g/mol. The fraction of sp³-hybridized carbons (Fsp3) is 0.375. The molecule has 2 rings (SSSR count). The Kier molecular flexibility index (Phi) is 4.56. The second-order valence-electron chi connectivity index (χ2n) is 5.03. The van der Waals surface area contributed by atoms with Gasteiger partial charge in [0, 0.05) is 5.92 Å². The van der Waals surface area contributed by atoms with Gasteiger partial charge in [-0.15, -0.1) is 0 Å². The van der Waals surface area contributed by atoms with Crippen molar-refractivity contribution in [3.63, 3.8) is 0 Å². The average molecular weight is 272 g/mol. The third kappa shape index (κ3) is 3.26. The number of hydrogen-bond acceptors (Lipinski definition) is 3. The zero-order valence-electron chi connectivity index (χ0n) is 12.1. The Morgan fingerprint density at radius 3 is 2.60 bits per heavy atom. The van der Waals surface area contributed by atoms with E-state index in [2.05, 4.69) is 5.10 Å². The molecule has 0 fully saturated rings. The van der Waals surface area contributed by atoms with E-state index >= 15 is 0 Å². The van der Waals surface area contributed by atoms with Gasteiger partial charge in [0.25, 0.3) is 0 Å². The van der Waals surface area contributed by atoms with Gasteiger partial charge in [-0.05, 0) is 18.6 Å². The molecule has 0 saturated carbocycles. The lowest BCUT2D eigenvalue weighted by Gasteiger charge is -2.16. The summed E-state index contributed by atoms with van der Waals surface area (Å²) in [7, 11) is 0. The van der Waals surface area contributed by atoms with Gasteiger partial charge in [0.05, 0.1) is 18.1 Å². The summed E-state index contributed by atoms with van der Waals surface area (Å²) in [6.07, 6.45) is 3.70. The van der Waals surface area contributed by atoms with Gasteiger partial charge in [-0.1, -0.05) is 39.0 Å². The molecule has 1 aromatic carbocycles. The van der Waals surface area contributed by atoms with Crippen molar-refractivity contribution in [1.82, 2.24) is 9.78 Å². The van der Waals surface area contributed by atoms with E-state index in [4.69, 9.17) is 4.74 Å². The number of aromatic nitrogens is 2. The number of para-hydroxylation sites is 1. The van der Waals surface area contributed by atoms with E-state index < -0.39 is 6.10 Å². The van der Waals surface area contributed by atoms with E-state index in [1.54, 1.807) is 17.1 Å². The molecular formula is C16H20N2O2. The van der Waals surface area contributed by atoms with Crippen LogP contribution in [0.1, 0.15) is 27.2 Å². The van der Waals surface area contributed by atoms with Crippen LogP contribution in [0, 0.1) is 5.92 Å². The minimum absolute atomic E-state index is 0.0240. The molecule has 20 heavy (non-hydrogen) atoms. The summed E-state index contributed by atoms with van der Waals surface area (Å²) >= 11 is 0. The van der Waals surface area contributed by atoms with Crippen LogP contribution in [0.2, 0.25) is 0 Å². The van der Waals surface area contributed by atoms with Gasteiger partial charge in [-0.25, -0.2) is 4.68 Å². The van der Waals surface area contributed by atoms with E-state index in [0.29, 0.717) is 12.2 Å². The zero-order valence-corrected chi connectivity index (χ0v) is 12.1. The van der Waals surface area contributed by atoms with Crippen LogP contribution in [0.5, 0.6) is 5.75 Å². The molecule has 2 aromatic rings. The lowest BCUT2D eigenvalue weighted by Crippen LogP contribution is -2.30. The van der Waals surface area contributed by atoms with Gasteiger partial charge in [0.1, 0.15) is 0 Å². The Morgan fingerprint density at radius 1 is 1.30 bits per heavy atom. The van der Waals surface area contributed by atoms with Crippen LogP contribution in [0.4, 0.5) is 0 Å². The molecule has 0 N–H and O–H groups in total. The van der Waals surface area contributed by atoms with Crippen molar-refractivity contribution >= 4 is 5.78 Å². The highest BCUT2D eigenvalue weighted by Crippen LogP contribution is 2.17. The fourth-order valence-corrected chi connectivity index (χ4v) is 1.97. The third-order valence-electron chi connectivity index (χ3n) is 3.12. The Bertz CT molecular complexity index is 561. The maximum absolute atomic E-state index is 12.0. The molecule has 1 unspecified atom stereocenters. The van der Waals surface area contributed by atoms with Crippen molar-refractivity contribution < 1.29 is 9.53 Å². The number of rotatable bonds is 6. The number of carbonyl (C=O) groups is 1. The first kappa shape index (κ1) is 14.3. The largest absolute Gasteiger partial charge is 0.479 e.